The first-order valence-electron chi connectivity index (χ1n) is 37.3. The molecule has 0 fully saturated rings. The van der Waals surface area contributed by atoms with Gasteiger partial charge in [0.05, 0.1) is 39.3 Å². The predicted octanol–water partition coefficient (Wildman–Crippen LogP) is 21.7. The second-order valence-corrected chi connectivity index (χ2v) is 26.3. The summed E-state index contributed by atoms with van der Waals surface area (Å²) in [7, 11) is -10.1. The molecule has 0 aromatic heterocycles. The number of aliphatic hydroxyl groups is 1. The van der Waals surface area contributed by atoms with E-state index in [4.69, 9.17) is 37.0 Å². The minimum Gasteiger partial charge on any atom is -0.462 e. The highest BCUT2D eigenvalue weighted by atomic mass is 31.2. The molecule has 0 radical (unpaired) electrons. The average molecular weight is 1480 g/mol. The molecule has 0 spiro atoms. The molecule has 0 aromatic rings. The number of carbonyl (C=O) groups excluding carboxylic acids is 4. The van der Waals surface area contributed by atoms with Crippen molar-refractivity contribution in [3.8, 4) is 0 Å². The molecule has 0 aliphatic heterocycles. The summed E-state index contributed by atoms with van der Waals surface area (Å²) in [6.07, 6.45) is 96.7. The van der Waals surface area contributed by atoms with Crippen LogP contribution in [-0.2, 0) is 65.4 Å². The quantitative estimate of drug-likeness (QED) is 0.0169. The smallest absolute Gasteiger partial charge is 0.462 e. The van der Waals surface area contributed by atoms with E-state index in [1.807, 2.05) is 48.6 Å². The van der Waals surface area contributed by atoms with Gasteiger partial charge in [0.1, 0.15) is 19.3 Å². The third-order valence-electron chi connectivity index (χ3n) is 13.9. The van der Waals surface area contributed by atoms with Crippen molar-refractivity contribution in [1.82, 2.24) is 0 Å². The van der Waals surface area contributed by atoms with Gasteiger partial charge >= 0.3 is 39.5 Å². The maximum absolute atomic E-state index is 13.1. The van der Waals surface area contributed by atoms with Gasteiger partial charge in [-0.15, -0.1) is 0 Å². The number of esters is 4. The first kappa shape index (κ1) is 96.9. The Hall–Kier alpha value is -7.14. The summed E-state index contributed by atoms with van der Waals surface area (Å²) in [6.45, 7) is 3.96. The third kappa shape index (κ3) is 73.2. The van der Waals surface area contributed by atoms with Crippen molar-refractivity contribution in [3.05, 3.63) is 243 Å². The largest absolute Gasteiger partial charge is 0.472 e. The maximum atomic E-state index is 13.1. The standard InChI is InChI=1S/C85H126O17P2/c1-5-9-13-17-21-25-29-33-37-38-39-40-44-46-50-54-58-62-66-70-83(88)96-76-81(102-85(90)72-68-64-60-56-52-48-43-36-32-28-24-20-16-12-8-4)78-100-104(93,94)98-74-79(86)73-97-103(91,92)99-77-80(101-84(89)71-67-63-59-55-51-47-42-35-31-27-23-19-15-11-7-3)75-95-82(87)69-65-61-57-53-49-45-41-34-30-26-22-18-14-10-6-2/h9-16,21-28,33-37,39-43,46,49-53,55-56,58,61-63,65,67,79-81,86H,5-8,17-20,29-32,38,44-45,47-48,54,57,59-60,64,66,68-78H2,1-4H3,(H,91,92)(H,93,94)/b13-9-,14-10-,15-11-,16-12-,25-21-,26-22-,27-23-,28-24-,37-33-,40-39-,41-34-,42-35-,43-36-,50-46-,53-49-,55-51-,56-52-,62-58-,65-61-,67-63-. The van der Waals surface area contributed by atoms with Crippen LogP contribution in [0.4, 0.5) is 0 Å². The second kappa shape index (κ2) is 74.1. The monoisotopic (exact) mass is 1480 g/mol. The Labute approximate surface area is 625 Å². The van der Waals surface area contributed by atoms with Crippen LogP contribution in [0.1, 0.15) is 207 Å². The number of hydrogen-bond donors (Lipinski definition) is 3. The molecular formula is C85H126O17P2. The zero-order chi connectivity index (χ0) is 76.0. The van der Waals surface area contributed by atoms with E-state index in [1.165, 1.54) is 0 Å². The summed E-state index contributed by atoms with van der Waals surface area (Å²) in [4.78, 5) is 72.7. The molecule has 0 aromatic carbocycles. The number of carbonyl (C=O) groups is 4. The summed E-state index contributed by atoms with van der Waals surface area (Å²) < 4.78 is 68.0. The van der Waals surface area contributed by atoms with Crippen LogP contribution in [0.15, 0.2) is 243 Å². The van der Waals surface area contributed by atoms with E-state index in [0.29, 0.717) is 38.5 Å². The number of unbranched alkanes of at least 4 members (excludes halogenated alkanes) is 2. The van der Waals surface area contributed by atoms with Crippen molar-refractivity contribution < 1.29 is 80.2 Å². The SMILES string of the molecule is CC/C=C\C/C=C\C/C=C\C/C=C\C/C=C\C/C=C\CCC(=O)OCC(COP(=O)(O)OCC(O)COP(=O)(O)OCC(COC(=O)C/C=C\C/C=C\C/C=C\C/C=C\C/C=C\CC)OC(=O)C/C=C\C/C=C\C/C=C\C/C=C\C/C=C\CC)OC(=O)CCCC/C=C\C/C=C\C/C=C\C/C=C\CC. The van der Waals surface area contributed by atoms with E-state index in [-0.39, 0.29) is 25.7 Å². The van der Waals surface area contributed by atoms with Gasteiger partial charge in [-0.25, -0.2) is 9.13 Å². The molecule has 3 N–H and O–H groups in total. The van der Waals surface area contributed by atoms with E-state index < -0.39 is 97.5 Å². The highest BCUT2D eigenvalue weighted by Crippen LogP contribution is 2.45. The van der Waals surface area contributed by atoms with E-state index in [9.17, 15) is 43.2 Å². The summed E-state index contributed by atoms with van der Waals surface area (Å²) >= 11 is 0. The van der Waals surface area contributed by atoms with Gasteiger partial charge in [-0.1, -0.05) is 271 Å². The fourth-order valence-corrected chi connectivity index (χ4v) is 9.96. The number of aliphatic hydroxyl groups excluding tert-OH is 1. The average Bonchev–Trinajstić information content (AvgIpc) is 0.918. The molecule has 0 amide bonds. The molecule has 104 heavy (non-hydrogen) atoms. The van der Waals surface area contributed by atoms with Crippen molar-refractivity contribution in [1.29, 1.82) is 0 Å². The normalized spacial score (nSPS) is 15.3. The zero-order valence-corrected chi connectivity index (χ0v) is 64.6. The van der Waals surface area contributed by atoms with E-state index in [2.05, 4.69) is 198 Å². The number of phosphoric acid groups is 2. The number of ether oxygens (including phenoxy) is 4. The molecule has 0 saturated heterocycles. The van der Waals surface area contributed by atoms with E-state index in [1.54, 1.807) is 24.3 Å². The maximum Gasteiger partial charge on any atom is 0.472 e. The molecule has 0 bridgehead atoms. The van der Waals surface area contributed by atoms with Crippen molar-refractivity contribution in [2.45, 2.75) is 226 Å². The Morgan fingerprint density at radius 2 is 0.529 bits per heavy atom. The second-order valence-electron chi connectivity index (χ2n) is 23.4. The lowest BCUT2D eigenvalue weighted by Gasteiger charge is -2.21. The Morgan fingerprint density at radius 1 is 0.279 bits per heavy atom. The Kier molecular flexibility index (Phi) is 69.1. The Morgan fingerprint density at radius 3 is 0.846 bits per heavy atom. The molecule has 5 atom stereocenters. The Bertz CT molecular complexity index is 2940. The lowest BCUT2D eigenvalue weighted by molar-refractivity contribution is -0.161. The van der Waals surface area contributed by atoms with Crippen LogP contribution < -0.4 is 0 Å². The highest BCUT2D eigenvalue weighted by molar-refractivity contribution is 7.47. The topological polar surface area (TPSA) is 237 Å². The molecule has 578 valence electrons. The number of rotatable bonds is 66. The van der Waals surface area contributed by atoms with Crippen LogP contribution in [0.2, 0.25) is 0 Å². The summed E-state index contributed by atoms with van der Waals surface area (Å²) in [5, 5.41) is 10.6. The van der Waals surface area contributed by atoms with Crippen molar-refractivity contribution in [2.24, 2.45) is 0 Å². The first-order valence-corrected chi connectivity index (χ1v) is 40.3. The van der Waals surface area contributed by atoms with Crippen LogP contribution in [0.3, 0.4) is 0 Å². The van der Waals surface area contributed by atoms with Gasteiger partial charge < -0.3 is 33.8 Å². The molecule has 19 heteroatoms. The molecule has 5 unspecified atom stereocenters. The van der Waals surface area contributed by atoms with Gasteiger partial charge in [-0.2, -0.15) is 0 Å². The van der Waals surface area contributed by atoms with Gasteiger partial charge in [0.2, 0.25) is 0 Å². The minimum atomic E-state index is -5.04. The molecule has 0 rings (SSSR count). The minimum absolute atomic E-state index is 0.00997. The summed E-state index contributed by atoms with van der Waals surface area (Å²) in [6, 6.07) is 0. The molecule has 0 heterocycles. The summed E-state index contributed by atoms with van der Waals surface area (Å²) in [5.74, 6) is -2.66. The lowest BCUT2D eigenvalue weighted by Crippen LogP contribution is -2.30. The van der Waals surface area contributed by atoms with Crippen LogP contribution in [0.5, 0.6) is 0 Å². The molecule has 0 aliphatic carbocycles. The van der Waals surface area contributed by atoms with Gasteiger partial charge in [0.15, 0.2) is 12.2 Å². The Balaban J connectivity index is 5.63. The number of hydrogen-bond acceptors (Lipinski definition) is 15. The van der Waals surface area contributed by atoms with Gasteiger partial charge in [-0.3, -0.25) is 37.3 Å². The van der Waals surface area contributed by atoms with E-state index in [0.717, 1.165) is 116 Å². The van der Waals surface area contributed by atoms with Crippen molar-refractivity contribution in [3.63, 3.8) is 0 Å². The first-order chi connectivity index (χ1) is 50.7. The van der Waals surface area contributed by atoms with Crippen molar-refractivity contribution in [2.75, 3.05) is 39.6 Å². The van der Waals surface area contributed by atoms with Crippen LogP contribution >= 0.6 is 15.6 Å². The van der Waals surface area contributed by atoms with Crippen LogP contribution in [0, 0.1) is 0 Å². The molecular weight excluding hydrogens is 1350 g/mol. The predicted molar refractivity (Wildman–Crippen MR) is 426 cm³/mol. The number of phosphoric ester groups is 2. The van der Waals surface area contributed by atoms with Crippen molar-refractivity contribution >= 4 is 39.5 Å². The molecule has 0 aliphatic rings. The lowest BCUT2D eigenvalue weighted by atomic mass is 10.2. The van der Waals surface area contributed by atoms with Gasteiger partial charge in [0, 0.05) is 12.8 Å². The van der Waals surface area contributed by atoms with Crippen LogP contribution in [-0.4, -0.2) is 96.7 Å². The molecule has 0 saturated carbocycles. The zero-order valence-electron chi connectivity index (χ0n) is 62.8. The number of allylic oxidation sites excluding steroid dienone is 38. The summed E-state index contributed by atoms with van der Waals surface area (Å²) in [5.41, 5.74) is 0. The van der Waals surface area contributed by atoms with Gasteiger partial charge in [0.25, 0.3) is 0 Å². The molecule has 17 nitrogen and oxygen atoms in total. The highest BCUT2D eigenvalue weighted by Gasteiger charge is 2.30. The fraction of sp³-hybridized carbons (Fsp3) is 0.482. The third-order valence-corrected chi connectivity index (χ3v) is 15.8. The van der Waals surface area contributed by atoms with E-state index >= 15 is 0 Å². The fourth-order valence-electron chi connectivity index (χ4n) is 8.38. The van der Waals surface area contributed by atoms with Gasteiger partial charge in [-0.05, 0) is 154 Å². The van der Waals surface area contributed by atoms with Crippen LogP contribution in [0.25, 0.3) is 0 Å².